The van der Waals surface area contributed by atoms with Crippen molar-refractivity contribution in [1.29, 1.82) is 0 Å². The van der Waals surface area contributed by atoms with Crippen LogP contribution in [0.3, 0.4) is 0 Å². The van der Waals surface area contributed by atoms with Crippen LogP contribution in [0.4, 0.5) is 10.7 Å². The number of hydrogen-bond acceptors (Lipinski definition) is 5. The number of nitrogens with one attached hydrogen (secondary N) is 1. The molecule has 1 N–H and O–H groups in total. The normalized spacial score (nSPS) is 25.7. The summed E-state index contributed by atoms with van der Waals surface area (Å²) < 4.78 is 5.66. The van der Waals surface area contributed by atoms with E-state index in [4.69, 9.17) is 9.72 Å². The van der Waals surface area contributed by atoms with Crippen LogP contribution in [0, 0.1) is 11.3 Å². The minimum atomic E-state index is 0.116. The minimum Gasteiger partial charge on any atom is -0.494 e. The van der Waals surface area contributed by atoms with Crippen molar-refractivity contribution in [1.82, 2.24) is 19.8 Å². The van der Waals surface area contributed by atoms with Crippen LogP contribution in [-0.4, -0.2) is 82.7 Å². The summed E-state index contributed by atoms with van der Waals surface area (Å²) in [5, 5.41) is 0. The maximum atomic E-state index is 13.3. The van der Waals surface area contributed by atoms with E-state index >= 15 is 0 Å². The largest absolute Gasteiger partial charge is 0.494 e. The van der Waals surface area contributed by atoms with Crippen LogP contribution in [-0.2, 0) is 0 Å². The first kappa shape index (κ1) is 20.8. The quantitative estimate of drug-likeness (QED) is 0.784. The van der Waals surface area contributed by atoms with E-state index in [0.29, 0.717) is 12.5 Å². The van der Waals surface area contributed by atoms with Gasteiger partial charge in [-0.15, -0.1) is 0 Å². The summed E-state index contributed by atoms with van der Waals surface area (Å²) in [7, 11) is 0. The molecule has 2 unspecified atom stereocenters. The number of fused-ring (bicyclic) bond motifs is 5. The molecule has 5 heterocycles. The number of ether oxygens (including phenoxy) is 1. The molecule has 0 saturated carbocycles. The standard InChI is InChI=1S/C23H33N5O2S/c1-4-30-17-5-6-18-19(11-17)25-21(24-18)28-14-16-12-23(2,3)20(28)15-27(13-16)22(29)26-7-9-31-10-8-26/h5-6,11,16,20H,4,7-10,12-15H2,1-3H3,(H,24,25). The number of H-pyrrole nitrogens is 1. The Bertz CT molecular complexity index is 955. The lowest BCUT2D eigenvalue weighted by atomic mass is 9.73. The summed E-state index contributed by atoms with van der Waals surface area (Å²) >= 11 is 1.94. The van der Waals surface area contributed by atoms with Crippen LogP contribution in [0.2, 0.25) is 0 Å². The molecule has 168 valence electrons. The van der Waals surface area contributed by atoms with E-state index < -0.39 is 0 Å². The van der Waals surface area contributed by atoms with Crippen LogP contribution < -0.4 is 9.64 Å². The average molecular weight is 444 g/mol. The van der Waals surface area contributed by atoms with E-state index in [1.807, 2.05) is 36.9 Å². The fraction of sp³-hybridized carbons (Fsp3) is 0.652. The Kier molecular flexibility index (Phi) is 5.44. The highest BCUT2D eigenvalue weighted by Crippen LogP contribution is 2.43. The molecule has 4 aliphatic heterocycles. The van der Waals surface area contributed by atoms with Gasteiger partial charge in [0.05, 0.1) is 23.7 Å². The van der Waals surface area contributed by atoms with Gasteiger partial charge in [-0.2, -0.15) is 11.8 Å². The van der Waals surface area contributed by atoms with E-state index in [-0.39, 0.29) is 17.5 Å². The first-order valence-corrected chi connectivity index (χ1v) is 12.6. The Morgan fingerprint density at radius 2 is 2.03 bits per heavy atom. The van der Waals surface area contributed by atoms with Crippen LogP contribution in [0.1, 0.15) is 27.2 Å². The number of nitrogens with zero attached hydrogens (tertiary/aromatic N) is 4. The molecule has 31 heavy (non-hydrogen) atoms. The number of anilines is 1. The molecule has 2 bridgehead atoms. The fourth-order valence-corrected chi connectivity index (χ4v) is 6.45. The van der Waals surface area contributed by atoms with Gasteiger partial charge in [0, 0.05) is 50.3 Å². The number of aromatic nitrogens is 2. The van der Waals surface area contributed by atoms with Crippen molar-refractivity contribution >= 4 is 34.8 Å². The lowest BCUT2D eigenvalue weighted by Gasteiger charge is -2.47. The number of thioether (sulfide) groups is 1. The van der Waals surface area contributed by atoms with Crippen LogP contribution >= 0.6 is 11.8 Å². The number of carbonyl (C=O) groups is 1. The number of carbonyl (C=O) groups excluding carboxylic acids is 1. The number of benzene rings is 1. The minimum absolute atomic E-state index is 0.116. The molecule has 0 spiro atoms. The zero-order valence-electron chi connectivity index (χ0n) is 18.8. The van der Waals surface area contributed by atoms with Crippen LogP contribution in [0.15, 0.2) is 18.2 Å². The number of imidazole rings is 1. The van der Waals surface area contributed by atoms with Crippen LogP contribution in [0.5, 0.6) is 5.75 Å². The third kappa shape index (κ3) is 3.95. The van der Waals surface area contributed by atoms with Gasteiger partial charge in [0.1, 0.15) is 5.75 Å². The van der Waals surface area contributed by atoms with Gasteiger partial charge in [-0.25, -0.2) is 9.78 Å². The maximum absolute atomic E-state index is 13.3. The molecular weight excluding hydrogens is 410 g/mol. The molecular formula is C23H33N5O2S. The van der Waals surface area contributed by atoms with E-state index in [2.05, 4.69) is 33.5 Å². The summed E-state index contributed by atoms with van der Waals surface area (Å²) in [5.41, 5.74) is 2.07. The van der Waals surface area contributed by atoms with Gasteiger partial charge in [-0.05, 0) is 36.8 Å². The monoisotopic (exact) mass is 443 g/mol. The lowest BCUT2D eigenvalue weighted by Crippen LogP contribution is -2.55. The SMILES string of the molecule is CCOc1ccc2nc(N3CC4CN(C(=O)N5CCSCC5)CC3C(C)(C)C4)[nH]c2c1. The summed E-state index contributed by atoms with van der Waals surface area (Å²) in [4.78, 5) is 28.4. The molecule has 4 saturated heterocycles. The van der Waals surface area contributed by atoms with E-state index in [1.54, 1.807) is 0 Å². The second kappa shape index (κ2) is 8.11. The Morgan fingerprint density at radius 1 is 1.23 bits per heavy atom. The molecule has 2 amide bonds. The Morgan fingerprint density at radius 3 is 2.81 bits per heavy atom. The molecule has 6 rings (SSSR count). The van der Waals surface area contributed by atoms with Crippen molar-refractivity contribution in [3.8, 4) is 5.75 Å². The molecule has 1 aromatic heterocycles. The first-order valence-electron chi connectivity index (χ1n) is 11.5. The highest BCUT2D eigenvalue weighted by molar-refractivity contribution is 7.99. The zero-order chi connectivity index (χ0) is 21.6. The van der Waals surface area contributed by atoms with Crippen molar-refractivity contribution in [2.75, 3.05) is 55.7 Å². The number of urea groups is 1. The third-order valence-corrected chi connectivity index (χ3v) is 7.94. The van der Waals surface area contributed by atoms with Gasteiger partial charge >= 0.3 is 6.03 Å². The molecule has 4 fully saturated rings. The number of aromatic amines is 1. The maximum Gasteiger partial charge on any atom is 0.320 e. The predicted octanol–water partition coefficient (Wildman–Crippen LogP) is 3.67. The number of rotatable bonds is 3. The molecule has 7 nitrogen and oxygen atoms in total. The number of piperidine rings is 1. The molecule has 4 aliphatic rings. The van der Waals surface area contributed by atoms with Crippen molar-refractivity contribution in [2.24, 2.45) is 11.3 Å². The molecule has 8 heteroatoms. The molecule has 0 aliphatic carbocycles. The van der Waals surface area contributed by atoms with Gasteiger partial charge in [-0.3, -0.25) is 0 Å². The summed E-state index contributed by atoms with van der Waals surface area (Å²) in [6.07, 6.45) is 1.14. The fourth-order valence-electron chi connectivity index (χ4n) is 5.55. The van der Waals surface area contributed by atoms with Gasteiger partial charge in [-0.1, -0.05) is 13.8 Å². The molecule has 2 atom stereocenters. The van der Waals surface area contributed by atoms with Crippen molar-refractivity contribution in [3.05, 3.63) is 18.2 Å². The first-order chi connectivity index (χ1) is 14.9. The van der Waals surface area contributed by atoms with Crippen molar-refractivity contribution in [3.63, 3.8) is 0 Å². The summed E-state index contributed by atoms with van der Waals surface area (Å²) in [6.45, 7) is 11.6. The molecule has 0 radical (unpaired) electrons. The number of hydrogen-bond donors (Lipinski definition) is 1. The predicted molar refractivity (Wildman–Crippen MR) is 126 cm³/mol. The second-order valence-corrected chi connectivity index (χ2v) is 10.9. The highest BCUT2D eigenvalue weighted by Gasteiger charge is 2.48. The smallest absolute Gasteiger partial charge is 0.320 e. The lowest BCUT2D eigenvalue weighted by molar-refractivity contribution is 0.153. The average Bonchev–Trinajstić information content (AvgIpc) is 3.01. The summed E-state index contributed by atoms with van der Waals surface area (Å²) in [5.74, 6) is 4.32. The third-order valence-electron chi connectivity index (χ3n) is 7.00. The zero-order valence-corrected chi connectivity index (χ0v) is 19.6. The van der Waals surface area contributed by atoms with Gasteiger partial charge in [0.15, 0.2) is 0 Å². The second-order valence-electron chi connectivity index (χ2n) is 9.69. The summed E-state index contributed by atoms with van der Waals surface area (Å²) in [6, 6.07) is 6.49. The Hall–Kier alpha value is -2.09. The Labute approximate surface area is 188 Å². The van der Waals surface area contributed by atoms with Crippen molar-refractivity contribution < 1.29 is 9.53 Å². The van der Waals surface area contributed by atoms with Crippen molar-refractivity contribution in [2.45, 2.75) is 33.2 Å². The Balaban J connectivity index is 1.42. The van der Waals surface area contributed by atoms with E-state index in [9.17, 15) is 4.79 Å². The topological polar surface area (TPSA) is 64.7 Å². The van der Waals surface area contributed by atoms with Crippen LogP contribution in [0.25, 0.3) is 11.0 Å². The van der Waals surface area contributed by atoms with Gasteiger partial charge < -0.3 is 24.4 Å². The van der Waals surface area contributed by atoms with Gasteiger partial charge in [0.25, 0.3) is 0 Å². The number of amides is 2. The van der Waals surface area contributed by atoms with E-state index in [0.717, 1.165) is 73.4 Å². The van der Waals surface area contributed by atoms with Gasteiger partial charge in [0.2, 0.25) is 5.95 Å². The van der Waals surface area contributed by atoms with E-state index in [1.165, 1.54) is 0 Å². The molecule has 2 aromatic rings. The highest BCUT2D eigenvalue weighted by atomic mass is 32.2. The molecule has 1 aromatic carbocycles.